The highest BCUT2D eigenvalue weighted by Crippen LogP contribution is 2.18. The van der Waals surface area contributed by atoms with Crippen molar-refractivity contribution in [3.63, 3.8) is 0 Å². The molecule has 0 aliphatic carbocycles. The summed E-state index contributed by atoms with van der Waals surface area (Å²) in [6.45, 7) is 1.97. The highest BCUT2D eigenvalue weighted by atomic mass is 32.1. The molecule has 0 unspecified atom stereocenters. The smallest absolute Gasteiger partial charge is 0.258 e. The van der Waals surface area contributed by atoms with Crippen LogP contribution in [0.4, 0.5) is 10.8 Å². The fraction of sp³-hybridized carbons (Fsp3) is 0.118. The molecule has 2 aromatic heterocycles. The lowest BCUT2D eigenvalue weighted by atomic mass is 10.2. The number of thiophene rings is 1. The van der Waals surface area contributed by atoms with Gasteiger partial charge in [0.2, 0.25) is 5.91 Å². The zero-order valence-electron chi connectivity index (χ0n) is 12.9. The lowest BCUT2D eigenvalue weighted by Gasteiger charge is -2.04. The Kier molecular flexibility index (Phi) is 5.02. The summed E-state index contributed by atoms with van der Waals surface area (Å²) < 4.78 is 0. The summed E-state index contributed by atoms with van der Waals surface area (Å²) in [4.78, 5) is 28.3. The standard InChI is InChI=1S/C17H15N3O2S2/c1-11-3-2-4-13(7-11)18-15(21)8-14-10-24-17(19-14)20-16(22)12-5-6-23-9-12/h2-7,9-10H,8H2,1H3,(H,18,21)(H,19,20,22). The highest BCUT2D eigenvalue weighted by molar-refractivity contribution is 7.14. The van der Waals surface area contributed by atoms with E-state index in [1.807, 2.05) is 36.6 Å². The minimum atomic E-state index is -0.193. The Bertz CT molecular complexity index is 856. The molecule has 0 atom stereocenters. The van der Waals surface area contributed by atoms with Crippen LogP contribution in [0.3, 0.4) is 0 Å². The summed E-state index contributed by atoms with van der Waals surface area (Å²) >= 11 is 2.77. The van der Waals surface area contributed by atoms with Crippen LogP contribution < -0.4 is 10.6 Å². The summed E-state index contributed by atoms with van der Waals surface area (Å²) in [5, 5.41) is 11.5. The van der Waals surface area contributed by atoms with Crippen LogP contribution in [0.5, 0.6) is 0 Å². The number of amides is 2. The Morgan fingerprint density at radius 2 is 2.04 bits per heavy atom. The minimum absolute atomic E-state index is 0.137. The number of carbonyl (C=O) groups is 2. The molecule has 0 bridgehead atoms. The predicted octanol–water partition coefficient (Wildman–Crippen LogP) is 3.95. The van der Waals surface area contributed by atoms with E-state index < -0.39 is 0 Å². The molecule has 24 heavy (non-hydrogen) atoms. The number of hydrogen-bond acceptors (Lipinski definition) is 5. The maximum Gasteiger partial charge on any atom is 0.258 e. The molecule has 2 amide bonds. The second-order valence-corrected chi connectivity index (χ2v) is 6.84. The Labute approximate surface area is 147 Å². The molecular weight excluding hydrogens is 342 g/mol. The third kappa shape index (κ3) is 4.27. The topological polar surface area (TPSA) is 71.1 Å². The van der Waals surface area contributed by atoms with Gasteiger partial charge in [-0.2, -0.15) is 11.3 Å². The maximum atomic E-state index is 12.1. The van der Waals surface area contributed by atoms with Crippen LogP contribution in [0.1, 0.15) is 21.6 Å². The molecule has 0 radical (unpaired) electrons. The first kappa shape index (κ1) is 16.4. The lowest BCUT2D eigenvalue weighted by Crippen LogP contribution is -2.15. The van der Waals surface area contributed by atoms with Crippen molar-refractivity contribution >= 4 is 45.3 Å². The van der Waals surface area contributed by atoms with Crippen LogP contribution in [0.15, 0.2) is 46.5 Å². The van der Waals surface area contributed by atoms with Crippen molar-refractivity contribution < 1.29 is 9.59 Å². The number of aryl methyl sites for hydroxylation is 1. The van der Waals surface area contributed by atoms with E-state index in [0.29, 0.717) is 16.4 Å². The quantitative estimate of drug-likeness (QED) is 0.726. The average molecular weight is 357 g/mol. The molecule has 0 fully saturated rings. The lowest BCUT2D eigenvalue weighted by molar-refractivity contribution is -0.115. The van der Waals surface area contributed by atoms with Gasteiger partial charge in [0, 0.05) is 16.4 Å². The van der Waals surface area contributed by atoms with Crippen molar-refractivity contribution in [1.82, 2.24) is 4.98 Å². The van der Waals surface area contributed by atoms with Crippen molar-refractivity contribution in [3.8, 4) is 0 Å². The molecule has 7 heteroatoms. The first-order valence-electron chi connectivity index (χ1n) is 7.24. The van der Waals surface area contributed by atoms with E-state index in [1.165, 1.54) is 22.7 Å². The van der Waals surface area contributed by atoms with Crippen molar-refractivity contribution in [2.45, 2.75) is 13.3 Å². The van der Waals surface area contributed by atoms with Crippen LogP contribution in [-0.4, -0.2) is 16.8 Å². The van der Waals surface area contributed by atoms with Gasteiger partial charge in [-0.1, -0.05) is 12.1 Å². The van der Waals surface area contributed by atoms with Gasteiger partial charge in [0.15, 0.2) is 5.13 Å². The van der Waals surface area contributed by atoms with Crippen molar-refractivity contribution in [2.24, 2.45) is 0 Å². The molecule has 2 heterocycles. The zero-order chi connectivity index (χ0) is 16.9. The monoisotopic (exact) mass is 357 g/mol. The van der Waals surface area contributed by atoms with E-state index >= 15 is 0 Å². The molecule has 0 saturated carbocycles. The van der Waals surface area contributed by atoms with Gasteiger partial charge in [0.05, 0.1) is 17.7 Å². The maximum absolute atomic E-state index is 12.1. The largest absolute Gasteiger partial charge is 0.326 e. The van der Waals surface area contributed by atoms with Crippen molar-refractivity contribution in [3.05, 3.63) is 63.3 Å². The van der Waals surface area contributed by atoms with E-state index in [9.17, 15) is 9.59 Å². The Morgan fingerprint density at radius 3 is 2.79 bits per heavy atom. The number of nitrogens with zero attached hydrogens (tertiary/aromatic N) is 1. The first-order chi connectivity index (χ1) is 11.6. The van der Waals surface area contributed by atoms with Crippen LogP contribution >= 0.6 is 22.7 Å². The third-order valence-corrected chi connectivity index (χ3v) is 4.69. The van der Waals surface area contributed by atoms with E-state index in [4.69, 9.17) is 0 Å². The van der Waals surface area contributed by atoms with Gasteiger partial charge in [-0.25, -0.2) is 4.98 Å². The number of anilines is 2. The van der Waals surface area contributed by atoms with Crippen LogP contribution in [0.25, 0.3) is 0 Å². The fourth-order valence-electron chi connectivity index (χ4n) is 2.10. The van der Waals surface area contributed by atoms with Gasteiger partial charge < -0.3 is 5.32 Å². The summed E-state index contributed by atoms with van der Waals surface area (Å²) in [5.74, 6) is -0.331. The molecule has 1 aromatic carbocycles. The average Bonchev–Trinajstić information content (AvgIpc) is 3.19. The molecule has 3 rings (SSSR count). The van der Waals surface area contributed by atoms with Gasteiger partial charge in [-0.3, -0.25) is 14.9 Å². The number of rotatable bonds is 5. The second kappa shape index (κ2) is 7.37. The van der Waals surface area contributed by atoms with Crippen LogP contribution in [0.2, 0.25) is 0 Å². The van der Waals surface area contributed by atoms with Gasteiger partial charge >= 0.3 is 0 Å². The Hall–Kier alpha value is -2.51. The second-order valence-electron chi connectivity index (χ2n) is 5.20. The Balaban J connectivity index is 1.57. The number of benzene rings is 1. The third-order valence-electron chi connectivity index (χ3n) is 3.20. The van der Waals surface area contributed by atoms with Crippen LogP contribution in [0, 0.1) is 6.92 Å². The number of hydrogen-bond donors (Lipinski definition) is 2. The first-order valence-corrected chi connectivity index (χ1v) is 9.07. The minimum Gasteiger partial charge on any atom is -0.326 e. The molecule has 0 spiro atoms. The highest BCUT2D eigenvalue weighted by Gasteiger charge is 2.11. The van der Waals surface area contributed by atoms with Crippen molar-refractivity contribution in [2.75, 3.05) is 10.6 Å². The number of aromatic nitrogens is 1. The summed E-state index contributed by atoms with van der Waals surface area (Å²) in [6.07, 6.45) is 0.165. The van der Waals surface area contributed by atoms with E-state index in [0.717, 1.165) is 11.3 Å². The van der Waals surface area contributed by atoms with E-state index in [2.05, 4.69) is 15.6 Å². The van der Waals surface area contributed by atoms with Gasteiger partial charge in [-0.05, 0) is 36.1 Å². The molecule has 0 saturated heterocycles. The van der Waals surface area contributed by atoms with Gasteiger partial charge in [0.1, 0.15) is 0 Å². The molecule has 2 N–H and O–H groups in total. The van der Waals surface area contributed by atoms with Crippen molar-refractivity contribution in [1.29, 1.82) is 0 Å². The predicted molar refractivity (Wildman–Crippen MR) is 97.9 cm³/mol. The summed E-state index contributed by atoms with van der Waals surface area (Å²) in [6, 6.07) is 9.37. The summed E-state index contributed by atoms with van der Waals surface area (Å²) in [7, 11) is 0. The molecular formula is C17H15N3O2S2. The molecule has 122 valence electrons. The molecule has 3 aromatic rings. The summed E-state index contributed by atoms with van der Waals surface area (Å²) in [5.41, 5.74) is 3.08. The van der Waals surface area contributed by atoms with Gasteiger partial charge in [-0.15, -0.1) is 11.3 Å². The van der Waals surface area contributed by atoms with E-state index in [-0.39, 0.29) is 18.2 Å². The number of carbonyl (C=O) groups excluding carboxylic acids is 2. The molecule has 0 aliphatic rings. The Morgan fingerprint density at radius 1 is 1.17 bits per heavy atom. The van der Waals surface area contributed by atoms with E-state index in [1.54, 1.807) is 16.8 Å². The van der Waals surface area contributed by atoms with Gasteiger partial charge in [0.25, 0.3) is 5.91 Å². The van der Waals surface area contributed by atoms with Crippen LogP contribution in [-0.2, 0) is 11.2 Å². The fourth-order valence-corrected chi connectivity index (χ4v) is 3.44. The number of thiazole rings is 1. The normalized spacial score (nSPS) is 10.4. The molecule has 5 nitrogen and oxygen atoms in total. The SMILES string of the molecule is Cc1cccc(NC(=O)Cc2csc(NC(=O)c3ccsc3)n2)c1. The molecule has 0 aliphatic heterocycles. The zero-order valence-corrected chi connectivity index (χ0v) is 14.5. The number of nitrogens with one attached hydrogen (secondary N) is 2.